The maximum Gasteiger partial charge on any atom is 0.231 e. The maximum atomic E-state index is 12.5. The van der Waals surface area contributed by atoms with Crippen molar-refractivity contribution in [2.24, 2.45) is 0 Å². The monoisotopic (exact) mass is 338 g/mol. The number of fused-ring (bicyclic) bond motifs is 1. The third-order valence-electron chi connectivity index (χ3n) is 3.63. The van der Waals surface area contributed by atoms with Gasteiger partial charge in [-0.3, -0.25) is 4.79 Å². The van der Waals surface area contributed by atoms with Crippen LogP contribution < -0.4 is 18.9 Å². The van der Waals surface area contributed by atoms with Gasteiger partial charge in [0.15, 0.2) is 17.3 Å². The summed E-state index contributed by atoms with van der Waals surface area (Å²) in [5.74, 6) is 2.29. The standard InChI is InChI=1S/C20H18O5/c1-3-10-23-19-12-15(22-2)6-7-16(19)17(21)8-4-14-5-9-18-20(11-14)25-13-24-18/h3-9,11-12H,1,10,13H2,2H3/b8-4+. The second-order valence-electron chi connectivity index (χ2n) is 5.27. The molecule has 1 aliphatic rings. The van der Waals surface area contributed by atoms with E-state index in [0.29, 0.717) is 35.2 Å². The average Bonchev–Trinajstić information content (AvgIpc) is 3.12. The van der Waals surface area contributed by atoms with E-state index in [4.69, 9.17) is 18.9 Å². The van der Waals surface area contributed by atoms with Crippen molar-refractivity contribution < 1.29 is 23.7 Å². The van der Waals surface area contributed by atoms with Gasteiger partial charge in [0.1, 0.15) is 18.1 Å². The molecule has 5 heteroatoms. The van der Waals surface area contributed by atoms with Crippen LogP contribution in [0.4, 0.5) is 0 Å². The largest absolute Gasteiger partial charge is 0.497 e. The van der Waals surface area contributed by atoms with E-state index in [-0.39, 0.29) is 12.6 Å². The van der Waals surface area contributed by atoms with Gasteiger partial charge in [0, 0.05) is 6.07 Å². The Bertz CT molecular complexity index is 823. The molecule has 25 heavy (non-hydrogen) atoms. The number of hydrogen-bond acceptors (Lipinski definition) is 5. The van der Waals surface area contributed by atoms with Crippen molar-refractivity contribution in [1.29, 1.82) is 0 Å². The summed E-state index contributed by atoms with van der Waals surface area (Å²) in [6, 6.07) is 10.6. The van der Waals surface area contributed by atoms with Gasteiger partial charge in [-0.25, -0.2) is 0 Å². The van der Waals surface area contributed by atoms with Crippen molar-refractivity contribution in [1.82, 2.24) is 0 Å². The molecule has 0 unspecified atom stereocenters. The van der Waals surface area contributed by atoms with Crippen LogP contribution in [0.1, 0.15) is 15.9 Å². The van der Waals surface area contributed by atoms with Crippen molar-refractivity contribution in [2.75, 3.05) is 20.5 Å². The number of ketones is 1. The van der Waals surface area contributed by atoms with E-state index in [1.807, 2.05) is 18.2 Å². The molecular weight excluding hydrogens is 320 g/mol. The summed E-state index contributed by atoms with van der Waals surface area (Å²) in [6.07, 6.45) is 4.85. The lowest BCUT2D eigenvalue weighted by Gasteiger charge is -2.10. The lowest BCUT2D eigenvalue weighted by molar-refractivity contribution is 0.104. The van der Waals surface area contributed by atoms with E-state index >= 15 is 0 Å². The van der Waals surface area contributed by atoms with Gasteiger partial charge in [-0.2, -0.15) is 0 Å². The Morgan fingerprint density at radius 1 is 1.20 bits per heavy atom. The molecule has 0 atom stereocenters. The first-order valence-electron chi connectivity index (χ1n) is 7.75. The van der Waals surface area contributed by atoms with Crippen LogP contribution in [-0.2, 0) is 0 Å². The molecule has 2 aromatic rings. The minimum atomic E-state index is -0.167. The van der Waals surface area contributed by atoms with Gasteiger partial charge in [-0.1, -0.05) is 24.8 Å². The third kappa shape index (κ3) is 3.83. The maximum absolute atomic E-state index is 12.5. The fourth-order valence-corrected chi connectivity index (χ4v) is 2.38. The number of carbonyl (C=O) groups is 1. The highest BCUT2D eigenvalue weighted by Gasteiger charge is 2.14. The van der Waals surface area contributed by atoms with Crippen molar-refractivity contribution in [2.45, 2.75) is 0 Å². The second-order valence-corrected chi connectivity index (χ2v) is 5.27. The number of methoxy groups -OCH3 is 1. The summed E-state index contributed by atoms with van der Waals surface area (Å²) < 4.78 is 21.4. The summed E-state index contributed by atoms with van der Waals surface area (Å²) in [6.45, 7) is 4.14. The highest BCUT2D eigenvalue weighted by molar-refractivity contribution is 6.08. The van der Waals surface area contributed by atoms with Crippen LogP contribution in [0.2, 0.25) is 0 Å². The molecular formula is C20H18O5. The Hall–Kier alpha value is -3.21. The first-order valence-corrected chi connectivity index (χ1v) is 7.75. The molecule has 0 aromatic heterocycles. The van der Waals surface area contributed by atoms with E-state index in [2.05, 4.69) is 6.58 Å². The van der Waals surface area contributed by atoms with Gasteiger partial charge < -0.3 is 18.9 Å². The minimum absolute atomic E-state index is 0.167. The van der Waals surface area contributed by atoms with Gasteiger partial charge in [0.25, 0.3) is 0 Å². The van der Waals surface area contributed by atoms with E-state index in [1.54, 1.807) is 37.5 Å². The van der Waals surface area contributed by atoms with Crippen LogP contribution in [0.15, 0.2) is 55.1 Å². The SMILES string of the molecule is C=CCOc1cc(OC)ccc1C(=O)/C=C/c1ccc2c(c1)OCO2. The molecule has 5 nitrogen and oxygen atoms in total. The Morgan fingerprint density at radius 3 is 2.84 bits per heavy atom. The van der Waals surface area contributed by atoms with Crippen molar-refractivity contribution in [3.63, 3.8) is 0 Å². The quantitative estimate of drug-likeness (QED) is 0.436. The van der Waals surface area contributed by atoms with Gasteiger partial charge in [0.05, 0.1) is 12.7 Å². The predicted octanol–water partition coefficient (Wildman–Crippen LogP) is 3.88. The van der Waals surface area contributed by atoms with E-state index in [1.165, 1.54) is 6.08 Å². The van der Waals surface area contributed by atoms with Crippen LogP contribution in [0.25, 0.3) is 6.08 Å². The molecule has 0 saturated carbocycles. The zero-order chi connectivity index (χ0) is 17.6. The summed E-state index contributed by atoms with van der Waals surface area (Å²) >= 11 is 0. The van der Waals surface area contributed by atoms with Crippen molar-refractivity contribution in [3.8, 4) is 23.0 Å². The summed E-state index contributed by atoms with van der Waals surface area (Å²) in [7, 11) is 1.56. The zero-order valence-electron chi connectivity index (χ0n) is 13.9. The topological polar surface area (TPSA) is 54.0 Å². The summed E-state index contributed by atoms with van der Waals surface area (Å²) in [4.78, 5) is 12.5. The molecule has 3 rings (SSSR count). The average molecular weight is 338 g/mol. The molecule has 0 amide bonds. The number of rotatable bonds is 7. The normalized spacial score (nSPS) is 12.2. The first-order chi connectivity index (χ1) is 12.2. The third-order valence-corrected chi connectivity index (χ3v) is 3.63. The Labute approximate surface area is 146 Å². The highest BCUT2D eigenvalue weighted by atomic mass is 16.7. The molecule has 0 fully saturated rings. The number of allylic oxidation sites excluding steroid dienone is 1. The molecule has 1 heterocycles. The van der Waals surface area contributed by atoms with Crippen LogP contribution in [0, 0.1) is 0 Å². The first kappa shape index (κ1) is 16.6. The van der Waals surface area contributed by atoms with Crippen LogP contribution in [-0.4, -0.2) is 26.3 Å². The minimum Gasteiger partial charge on any atom is -0.497 e. The van der Waals surface area contributed by atoms with Crippen LogP contribution in [0.5, 0.6) is 23.0 Å². The Kier molecular flexibility index (Phi) is 5.04. The number of benzene rings is 2. The molecule has 0 N–H and O–H groups in total. The molecule has 0 saturated heterocycles. The van der Waals surface area contributed by atoms with Gasteiger partial charge >= 0.3 is 0 Å². The smallest absolute Gasteiger partial charge is 0.231 e. The molecule has 0 spiro atoms. The highest BCUT2D eigenvalue weighted by Crippen LogP contribution is 2.33. The van der Waals surface area contributed by atoms with E-state index in [0.717, 1.165) is 5.56 Å². The number of ether oxygens (including phenoxy) is 4. The molecule has 0 aliphatic carbocycles. The second kappa shape index (κ2) is 7.57. The molecule has 2 aromatic carbocycles. The molecule has 0 radical (unpaired) electrons. The van der Waals surface area contributed by atoms with Crippen LogP contribution in [0.3, 0.4) is 0 Å². The fraction of sp³-hybridized carbons (Fsp3) is 0.150. The number of carbonyl (C=O) groups excluding carboxylic acids is 1. The van der Waals surface area contributed by atoms with Crippen molar-refractivity contribution in [3.05, 3.63) is 66.3 Å². The van der Waals surface area contributed by atoms with Gasteiger partial charge in [0.2, 0.25) is 6.79 Å². The zero-order valence-corrected chi connectivity index (χ0v) is 13.9. The lowest BCUT2D eigenvalue weighted by atomic mass is 10.1. The van der Waals surface area contributed by atoms with Crippen LogP contribution >= 0.6 is 0 Å². The lowest BCUT2D eigenvalue weighted by Crippen LogP contribution is -2.02. The Balaban J connectivity index is 1.81. The Morgan fingerprint density at radius 2 is 2.04 bits per heavy atom. The van der Waals surface area contributed by atoms with Crippen molar-refractivity contribution >= 4 is 11.9 Å². The summed E-state index contributed by atoms with van der Waals surface area (Å²) in [5.41, 5.74) is 1.30. The van der Waals surface area contributed by atoms with Gasteiger partial charge in [-0.05, 0) is 35.9 Å². The molecule has 128 valence electrons. The van der Waals surface area contributed by atoms with Gasteiger partial charge in [-0.15, -0.1) is 0 Å². The fourth-order valence-electron chi connectivity index (χ4n) is 2.38. The summed E-state index contributed by atoms with van der Waals surface area (Å²) in [5, 5.41) is 0. The van der Waals surface area contributed by atoms with E-state index < -0.39 is 0 Å². The van der Waals surface area contributed by atoms with E-state index in [9.17, 15) is 4.79 Å². The molecule has 0 bridgehead atoms. The predicted molar refractivity (Wildman–Crippen MR) is 94.6 cm³/mol. The molecule has 1 aliphatic heterocycles. The number of hydrogen-bond donors (Lipinski definition) is 0.